The van der Waals surface area contributed by atoms with E-state index in [2.05, 4.69) is 6.92 Å². The standard InChI is InChI=1S/C16H19ClN2O2/c1-2-3-8-18-13-7-6-11(17)10-12(13)15(20)19-9-4-5-14(19)16(18)21/h6-7,10,14H,2-5,8-9H2,1H3/t14-/m0/s1. The summed E-state index contributed by atoms with van der Waals surface area (Å²) < 4.78 is 0. The van der Waals surface area contributed by atoms with Gasteiger partial charge in [0, 0.05) is 18.1 Å². The molecule has 0 spiro atoms. The molecule has 1 atom stereocenters. The van der Waals surface area contributed by atoms with Crippen LogP contribution < -0.4 is 4.90 Å². The molecule has 0 unspecified atom stereocenters. The fraction of sp³-hybridized carbons (Fsp3) is 0.500. The van der Waals surface area contributed by atoms with E-state index >= 15 is 0 Å². The minimum atomic E-state index is -0.305. The number of rotatable bonds is 3. The molecule has 21 heavy (non-hydrogen) atoms. The monoisotopic (exact) mass is 306 g/mol. The molecule has 112 valence electrons. The minimum Gasteiger partial charge on any atom is -0.327 e. The van der Waals surface area contributed by atoms with Crippen LogP contribution in [0.5, 0.6) is 0 Å². The number of benzene rings is 1. The Morgan fingerprint density at radius 1 is 1.33 bits per heavy atom. The maximum absolute atomic E-state index is 12.8. The zero-order valence-corrected chi connectivity index (χ0v) is 12.9. The first-order chi connectivity index (χ1) is 10.1. The van der Waals surface area contributed by atoms with Crippen LogP contribution in [-0.4, -0.2) is 35.8 Å². The predicted octanol–water partition coefficient (Wildman–Crippen LogP) is 3.09. The van der Waals surface area contributed by atoms with Gasteiger partial charge in [0.1, 0.15) is 6.04 Å². The topological polar surface area (TPSA) is 40.6 Å². The number of carbonyl (C=O) groups is 2. The summed E-state index contributed by atoms with van der Waals surface area (Å²) in [5.74, 6) is -0.0160. The summed E-state index contributed by atoms with van der Waals surface area (Å²) in [5, 5.41) is 0.530. The van der Waals surface area contributed by atoms with Crippen molar-refractivity contribution in [2.45, 2.75) is 38.6 Å². The first-order valence-corrected chi connectivity index (χ1v) is 7.93. The Morgan fingerprint density at radius 3 is 2.90 bits per heavy atom. The molecular weight excluding hydrogens is 288 g/mol. The average Bonchev–Trinajstić information content (AvgIpc) is 2.94. The van der Waals surface area contributed by atoms with E-state index in [4.69, 9.17) is 11.6 Å². The van der Waals surface area contributed by atoms with Gasteiger partial charge in [-0.1, -0.05) is 24.9 Å². The summed E-state index contributed by atoms with van der Waals surface area (Å²) in [7, 11) is 0. The Morgan fingerprint density at radius 2 is 2.14 bits per heavy atom. The normalized spacial score (nSPS) is 21.3. The molecule has 0 bridgehead atoms. The van der Waals surface area contributed by atoms with Gasteiger partial charge in [-0.15, -0.1) is 0 Å². The van der Waals surface area contributed by atoms with Crippen LogP contribution in [0.2, 0.25) is 5.02 Å². The van der Waals surface area contributed by atoms with Gasteiger partial charge in [-0.3, -0.25) is 9.59 Å². The second kappa shape index (κ2) is 5.68. The second-order valence-corrected chi connectivity index (χ2v) is 6.10. The van der Waals surface area contributed by atoms with Gasteiger partial charge in [0.05, 0.1) is 11.3 Å². The summed E-state index contributed by atoms with van der Waals surface area (Å²) in [6, 6.07) is 4.92. The first kappa shape index (κ1) is 14.4. The van der Waals surface area contributed by atoms with Crippen molar-refractivity contribution in [1.29, 1.82) is 0 Å². The van der Waals surface area contributed by atoms with E-state index in [0.29, 0.717) is 29.4 Å². The van der Waals surface area contributed by atoms with Crippen LogP contribution in [0.25, 0.3) is 0 Å². The third-order valence-electron chi connectivity index (χ3n) is 4.28. The number of amides is 2. The number of hydrogen-bond acceptors (Lipinski definition) is 2. The highest BCUT2D eigenvalue weighted by Crippen LogP contribution is 2.34. The summed E-state index contributed by atoms with van der Waals surface area (Å²) in [6.07, 6.45) is 3.58. The van der Waals surface area contributed by atoms with Crippen LogP contribution in [0, 0.1) is 0 Å². The Kier molecular flexibility index (Phi) is 3.89. The molecule has 1 aromatic carbocycles. The molecule has 0 aromatic heterocycles. The molecule has 2 aliphatic rings. The van der Waals surface area contributed by atoms with Gasteiger partial charge in [0.2, 0.25) is 5.91 Å². The van der Waals surface area contributed by atoms with Gasteiger partial charge >= 0.3 is 0 Å². The molecule has 1 aromatic rings. The maximum Gasteiger partial charge on any atom is 0.256 e. The highest BCUT2D eigenvalue weighted by atomic mass is 35.5. The predicted molar refractivity (Wildman–Crippen MR) is 82.8 cm³/mol. The van der Waals surface area contributed by atoms with Crippen LogP contribution >= 0.6 is 11.6 Å². The van der Waals surface area contributed by atoms with Gasteiger partial charge in [-0.2, -0.15) is 0 Å². The number of carbonyl (C=O) groups excluding carboxylic acids is 2. The highest BCUT2D eigenvalue weighted by molar-refractivity contribution is 6.31. The Balaban J connectivity index is 2.09. The van der Waals surface area contributed by atoms with E-state index in [1.54, 1.807) is 28.0 Å². The van der Waals surface area contributed by atoms with E-state index in [9.17, 15) is 9.59 Å². The van der Waals surface area contributed by atoms with Crippen LogP contribution in [0.15, 0.2) is 18.2 Å². The number of halogens is 1. The molecule has 1 saturated heterocycles. The van der Waals surface area contributed by atoms with Crippen molar-refractivity contribution in [3.63, 3.8) is 0 Å². The second-order valence-electron chi connectivity index (χ2n) is 5.66. The SMILES string of the molecule is CCCCN1C(=O)[C@@H]2CCCN2C(=O)c2cc(Cl)ccc21. The third-order valence-corrected chi connectivity index (χ3v) is 4.51. The van der Waals surface area contributed by atoms with Crippen molar-refractivity contribution in [3.05, 3.63) is 28.8 Å². The lowest BCUT2D eigenvalue weighted by atomic mass is 10.1. The van der Waals surface area contributed by atoms with E-state index in [1.165, 1.54) is 0 Å². The van der Waals surface area contributed by atoms with Crippen LogP contribution in [0.1, 0.15) is 43.0 Å². The van der Waals surface area contributed by atoms with Gasteiger partial charge in [-0.05, 0) is 37.5 Å². The molecule has 2 aliphatic heterocycles. The lowest BCUT2D eigenvalue weighted by Gasteiger charge is -2.25. The van der Waals surface area contributed by atoms with E-state index < -0.39 is 0 Å². The van der Waals surface area contributed by atoms with Gasteiger partial charge in [-0.25, -0.2) is 0 Å². The molecule has 0 radical (unpaired) electrons. The van der Waals surface area contributed by atoms with Crippen molar-refractivity contribution in [1.82, 2.24) is 4.90 Å². The summed E-state index contributed by atoms with van der Waals surface area (Å²) in [5.41, 5.74) is 1.26. The van der Waals surface area contributed by atoms with Crippen LogP contribution in [0.3, 0.4) is 0 Å². The lowest BCUT2D eigenvalue weighted by Crippen LogP contribution is -2.45. The van der Waals surface area contributed by atoms with Crippen molar-refractivity contribution in [3.8, 4) is 0 Å². The van der Waals surface area contributed by atoms with Crippen molar-refractivity contribution >= 4 is 29.1 Å². The van der Waals surface area contributed by atoms with E-state index in [1.807, 2.05) is 0 Å². The maximum atomic E-state index is 12.8. The summed E-state index contributed by atoms with van der Waals surface area (Å²) in [4.78, 5) is 29.0. The summed E-state index contributed by atoms with van der Waals surface area (Å²) in [6.45, 7) is 3.41. The van der Waals surface area contributed by atoms with Gasteiger partial charge < -0.3 is 9.80 Å². The smallest absolute Gasteiger partial charge is 0.256 e. The molecule has 0 aliphatic carbocycles. The number of unbranched alkanes of at least 4 members (excludes halogenated alkanes) is 1. The van der Waals surface area contributed by atoms with E-state index in [0.717, 1.165) is 25.7 Å². The number of fused-ring (bicyclic) bond motifs is 2. The van der Waals surface area contributed by atoms with Crippen molar-refractivity contribution < 1.29 is 9.59 Å². The quantitative estimate of drug-likeness (QED) is 0.861. The fourth-order valence-electron chi connectivity index (χ4n) is 3.18. The molecule has 5 heteroatoms. The van der Waals surface area contributed by atoms with Gasteiger partial charge in [0.15, 0.2) is 0 Å². The van der Waals surface area contributed by atoms with Crippen LogP contribution in [0.4, 0.5) is 5.69 Å². The highest BCUT2D eigenvalue weighted by Gasteiger charge is 2.41. The molecule has 0 saturated carbocycles. The van der Waals surface area contributed by atoms with E-state index in [-0.39, 0.29) is 17.9 Å². The Hall–Kier alpha value is -1.55. The molecule has 1 fully saturated rings. The Labute approximate surface area is 129 Å². The lowest BCUT2D eigenvalue weighted by molar-refractivity contribution is -0.122. The molecule has 3 rings (SSSR count). The largest absolute Gasteiger partial charge is 0.327 e. The summed E-state index contributed by atoms with van der Waals surface area (Å²) >= 11 is 6.05. The zero-order chi connectivity index (χ0) is 15.0. The van der Waals surface area contributed by atoms with Crippen LogP contribution in [-0.2, 0) is 4.79 Å². The third kappa shape index (κ3) is 2.42. The number of anilines is 1. The number of hydrogen-bond donors (Lipinski definition) is 0. The molecule has 2 amide bonds. The van der Waals surface area contributed by atoms with Crippen molar-refractivity contribution in [2.75, 3.05) is 18.0 Å². The molecule has 2 heterocycles. The molecule has 0 N–H and O–H groups in total. The average molecular weight is 307 g/mol. The fourth-order valence-corrected chi connectivity index (χ4v) is 3.35. The molecular formula is C16H19ClN2O2. The Bertz CT molecular complexity index is 588. The zero-order valence-electron chi connectivity index (χ0n) is 12.1. The minimum absolute atomic E-state index is 0.0513. The first-order valence-electron chi connectivity index (χ1n) is 7.55. The number of nitrogens with zero attached hydrogens (tertiary/aromatic N) is 2. The molecule has 4 nitrogen and oxygen atoms in total. The van der Waals surface area contributed by atoms with Crippen molar-refractivity contribution in [2.24, 2.45) is 0 Å². The van der Waals surface area contributed by atoms with Gasteiger partial charge in [0.25, 0.3) is 5.91 Å².